The lowest BCUT2D eigenvalue weighted by Gasteiger charge is -2.23. The first-order valence-corrected chi connectivity index (χ1v) is 7.11. The molecule has 0 radical (unpaired) electrons. The van der Waals surface area contributed by atoms with Crippen LogP contribution in [0.3, 0.4) is 0 Å². The molecule has 0 spiro atoms. The maximum Gasteiger partial charge on any atom is 0.123 e. The van der Waals surface area contributed by atoms with Crippen LogP contribution in [0.1, 0.15) is 51.1 Å². The van der Waals surface area contributed by atoms with Crippen molar-refractivity contribution in [2.45, 2.75) is 45.6 Å². The van der Waals surface area contributed by atoms with Crippen molar-refractivity contribution >= 4 is 0 Å². The van der Waals surface area contributed by atoms with Crippen LogP contribution in [-0.4, -0.2) is 13.7 Å². The van der Waals surface area contributed by atoms with Gasteiger partial charge in [0, 0.05) is 18.2 Å². The zero-order valence-corrected chi connectivity index (χ0v) is 11.8. The quantitative estimate of drug-likeness (QED) is 0.788. The molecule has 1 aliphatic rings. The topological polar surface area (TPSA) is 21.3 Å². The van der Waals surface area contributed by atoms with Crippen LogP contribution in [0.2, 0.25) is 0 Å². The van der Waals surface area contributed by atoms with Gasteiger partial charge in [-0.15, -0.1) is 0 Å². The summed E-state index contributed by atoms with van der Waals surface area (Å²) in [5, 5.41) is 3.73. The second-order valence-electron chi connectivity index (χ2n) is 5.44. The number of hydrogen-bond acceptors (Lipinski definition) is 2. The lowest BCUT2D eigenvalue weighted by atomic mass is 10.00. The second kappa shape index (κ2) is 5.75. The average molecular weight is 247 g/mol. The van der Waals surface area contributed by atoms with E-state index >= 15 is 0 Å². The standard InChI is InChI=1S/C16H25NO/c1-4-14(17-12-16(5-2)10-11-16)13-8-6-7-9-15(13)18-3/h6-9,14,17H,4-5,10-12H2,1-3H3. The molecule has 2 nitrogen and oxygen atoms in total. The lowest BCUT2D eigenvalue weighted by Crippen LogP contribution is -2.28. The third-order valence-electron chi connectivity index (χ3n) is 4.35. The van der Waals surface area contributed by atoms with E-state index in [1.54, 1.807) is 7.11 Å². The zero-order valence-electron chi connectivity index (χ0n) is 11.8. The SMILES string of the molecule is CCC(NCC1(CC)CC1)c1ccccc1OC. The highest BCUT2D eigenvalue weighted by molar-refractivity contribution is 5.35. The van der Waals surface area contributed by atoms with Crippen molar-refractivity contribution < 1.29 is 4.74 Å². The molecule has 0 bridgehead atoms. The third kappa shape index (κ3) is 2.86. The zero-order chi connectivity index (χ0) is 13.0. The summed E-state index contributed by atoms with van der Waals surface area (Å²) in [6, 6.07) is 8.75. The van der Waals surface area contributed by atoms with Crippen molar-refractivity contribution in [3.05, 3.63) is 29.8 Å². The summed E-state index contributed by atoms with van der Waals surface area (Å²) in [7, 11) is 1.75. The monoisotopic (exact) mass is 247 g/mol. The fourth-order valence-corrected chi connectivity index (χ4v) is 2.60. The van der Waals surface area contributed by atoms with Crippen molar-refractivity contribution in [2.24, 2.45) is 5.41 Å². The molecule has 0 aliphatic heterocycles. The van der Waals surface area contributed by atoms with Crippen LogP contribution in [0.15, 0.2) is 24.3 Å². The van der Waals surface area contributed by atoms with Gasteiger partial charge in [-0.25, -0.2) is 0 Å². The van der Waals surface area contributed by atoms with Crippen molar-refractivity contribution in [1.29, 1.82) is 0 Å². The number of rotatable bonds is 7. The molecule has 18 heavy (non-hydrogen) atoms. The molecule has 2 heteroatoms. The van der Waals surface area contributed by atoms with Gasteiger partial charge in [-0.2, -0.15) is 0 Å². The normalized spacial score (nSPS) is 18.4. The van der Waals surface area contributed by atoms with Gasteiger partial charge >= 0.3 is 0 Å². The highest BCUT2D eigenvalue weighted by Crippen LogP contribution is 2.48. The first-order valence-electron chi connectivity index (χ1n) is 7.11. The molecule has 0 saturated heterocycles. The van der Waals surface area contributed by atoms with Crippen molar-refractivity contribution in [3.63, 3.8) is 0 Å². The summed E-state index contributed by atoms with van der Waals surface area (Å²) in [5.41, 5.74) is 1.88. The largest absolute Gasteiger partial charge is 0.496 e. The minimum absolute atomic E-state index is 0.408. The number of benzene rings is 1. The van der Waals surface area contributed by atoms with E-state index in [4.69, 9.17) is 4.74 Å². The predicted octanol–water partition coefficient (Wildman–Crippen LogP) is 3.93. The van der Waals surface area contributed by atoms with Crippen LogP contribution in [0.5, 0.6) is 5.75 Å². The van der Waals surface area contributed by atoms with E-state index in [9.17, 15) is 0 Å². The minimum atomic E-state index is 0.408. The van der Waals surface area contributed by atoms with Gasteiger partial charge in [0.2, 0.25) is 0 Å². The maximum absolute atomic E-state index is 5.46. The number of hydrogen-bond donors (Lipinski definition) is 1. The van der Waals surface area contributed by atoms with E-state index in [1.807, 2.05) is 12.1 Å². The molecule has 100 valence electrons. The number of para-hydroxylation sites is 1. The van der Waals surface area contributed by atoms with Gasteiger partial charge in [-0.05, 0) is 37.2 Å². The third-order valence-corrected chi connectivity index (χ3v) is 4.35. The Bertz CT molecular complexity index is 384. The smallest absolute Gasteiger partial charge is 0.123 e. The molecule has 0 heterocycles. The van der Waals surface area contributed by atoms with E-state index in [2.05, 4.69) is 31.3 Å². The molecule has 1 fully saturated rings. The van der Waals surface area contributed by atoms with Crippen LogP contribution < -0.4 is 10.1 Å². The number of ether oxygens (including phenoxy) is 1. The van der Waals surface area contributed by atoms with E-state index in [1.165, 1.54) is 24.8 Å². The molecule has 1 saturated carbocycles. The molecular formula is C16H25NO. The number of methoxy groups -OCH3 is 1. The van der Waals surface area contributed by atoms with Gasteiger partial charge in [0.1, 0.15) is 5.75 Å². The van der Waals surface area contributed by atoms with Crippen LogP contribution >= 0.6 is 0 Å². The lowest BCUT2D eigenvalue weighted by molar-refractivity contribution is 0.374. The van der Waals surface area contributed by atoms with E-state index < -0.39 is 0 Å². The van der Waals surface area contributed by atoms with Gasteiger partial charge in [0.15, 0.2) is 0 Å². The molecule has 0 aromatic heterocycles. The molecule has 1 aliphatic carbocycles. The van der Waals surface area contributed by atoms with Crippen LogP contribution in [0.4, 0.5) is 0 Å². The Labute approximate surface area is 111 Å². The van der Waals surface area contributed by atoms with Gasteiger partial charge < -0.3 is 10.1 Å². The van der Waals surface area contributed by atoms with Gasteiger partial charge in [0.05, 0.1) is 7.11 Å². The number of nitrogens with one attached hydrogen (secondary N) is 1. The Balaban J connectivity index is 2.03. The predicted molar refractivity (Wildman–Crippen MR) is 76.0 cm³/mol. The summed E-state index contributed by atoms with van der Waals surface area (Å²) in [4.78, 5) is 0. The summed E-state index contributed by atoms with van der Waals surface area (Å²) in [6.45, 7) is 5.68. The molecule has 1 atom stereocenters. The molecule has 1 aromatic rings. The fraction of sp³-hybridized carbons (Fsp3) is 0.625. The molecule has 1 unspecified atom stereocenters. The summed E-state index contributed by atoms with van der Waals surface area (Å²) in [5.74, 6) is 0.998. The minimum Gasteiger partial charge on any atom is -0.496 e. The Kier molecular flexibility index (Phi) is 4.28. The average Bonchev–Trinajstić information content (AvgIpc) is 3.20. The molecule has 2 rings (SSSR count). The highest BCUT2D eigenvalue weighted by atomic mass is 16.5. The summed E-state index contributed by atoms with van der Waals surface area (Å²) in [6.07, 6.45) is 5.17. The van der Waals surface area contributed by atoms with Gasteiger partial charge in [0.25, 0.3) is 0 Å². The maximum atomic E-state index is 5.46. The molecule has 0 amide bonds. The van der Waals surface area contributed by atoms with Gasteiger partial charge in [-0.3, -0.25) is 0 Å². The molecular weight excluding hydrogens is 222 g/mol. The van der Waals surface area contributed by atoms with E-state index in [0.717, 1.165) is 18.7 Å². The van der Waals surface area contributed by atoms with Crippen molar-refractivity contribution in [2.75, 3.05) is 13.7 Å². The highest BCUT2D eigenvalue weighted by Gasteiger charge is 2.40. The molecule has 1 aromatic carbocycles. The van der Waals surface area contributed by atoms with Crippen LogP contribution in [0.25, 0.3) is 0 Å². The summed E-state index contributed by atoms with van der Waals surface area (Å²) >= 11 is 0. The van der Waals surface area contributed by atoms with Gasteiger partial charge in [-0.1, -0.05) is 32.0 Å². The second-order valence-corrected chi connectivity index (χ2v) is 5.44. The fourth-order valence-electron chi connectivity index (χ4n) is 2.60. The summed E-state index contributed by atoms with van der Waals surface area (Å²) < 4.78 is 5.46. The Morgan fingerprint density at radius 1 is 1.28 bits per heavy atom. The Hall–Kier alpha value is -1.02. The van der Waals surface area contributed by atoms with E-state index in [-0.39, 0.29) is 0 Å². The van der Waals surface area contributed by atoms with Crippen LogP contribution in [0, 0.1) is 5.41 Å². The van der Waals surface area contributed by atoms with Crippen molar-refractivity contribution in [1.82, 2.24) is 5.32 Å². The molecule has 1 N–H and O–H groups in total. The first-order chi connectivity index (χ1) is 8.74. The Morgan fingerprint density at radius 2 is 2.00 bits per heavy atom. The van der Waals surface area contributed by atoms with Crippen molar-refractivity contribution in [3.8, 4) is 5.75 Å². The first kappa shape index (κ1) is 13.4. The van der Waals surface area contributed by atoms with E-state index in [0.29, 0.717) is 11.5 Å². The Morgan fingerprint density at radius 3 is 2.56 bits per heavy atom. The van der Waals surface area contributed by atoms with Crippen LogP contribution in [-0.2, 0) is 0 Å².